The van der Waals surface area contributed by atoms with Crippen LogP contribution in [0, 0.1) is 13.8 Å². The minimum absolute atomic E-state index is 0.133. The van der Waals surface area contributed by atoms with Gasteiger partial charge in [-0.3, -0.25) is 0 Å². The van der Waals surface area contributed by atoms with Crippen LogP contribution in [0.2, 0.25) is 0 Å². The average Bonchev–Trinajstić information content (AvgIpc) is 2.42. The topological polar surface area (TPSA) is 49.8 Å². The van der Waals surface area contributed by atoms with E-state index in [1.807, 2.05) is 0 Å². The molecule has 0 aliphatic heterocycles. The first-order valence-electron chi connectivity index (χ1n) is 6.28. The molecule has 0 aliphatic rings. The number of hydrogen-bond donors (Lipinski definition) is 2. The molecule has 0 saturated carbocycles. The molecule has 0 spiro atoms. The summed E-state index contributed by atoms with van der Waals surface area (Å²) >= 11 is 0. The van der Waals surface area contributed by atoms with E-state index in [-0.39, 0.29) is 5.56 Å². The molecule has 0 radical (unpaired) electrons. The number of nitrogens with one attached hydrogen (secondary N) is 2. The van der Waals surface area contributed by atoms with Crippen molar-refractivity contribution < 1.29 is 13.2 Å². The van der Waals surface area contributed by atoms with Gasteiger partial charge in [-0.1, -0.05) is 6.07 Å². The molecule has 1 heterocycles. The van der Waals surface area contributed by atoms with Gasteiger partial charge in [0.2, 0.25) is 5.95 Å². The second kappa shape index (κ2) is 5.59. The van der Waals surface area contributed by atoms with E-state index in [0.29, 0.717) is 17.5 Å². The number of halogens is 3. The van der Waals surface area contributed by atoms with E-state index in [0.717, 1.165) is 11.6 Å². The highest BCUT2D eigenvalue weighted by molar-refractivity contribution is 5.64. The fourth-order valence-electron chi connectivity index (χ4n) is 1.89. The molecule has 0 aliphatic carbocycles. The molecule has 2 N–H and O–H groups in total. The minimum atomic E-state index is -4.38. The first kappa shape index (κ1) is 15.1. The van der Waals surface area contributed by atoms with E-state index in [4.69, 9.17) is 0 Å². The van der Waals surface area contributed by atoms with Crippen molar-refractivity contribution in [1.82, 2.24) is 9.97 Å². The van der Waals surface area contributed by atoms with Crippen molar-refractivity contribution >= 4 is 17.5 Å². The summed E-state index contributed by atoms with van der Waals surface area (Å²) in [5, 5.41) is 5.72. The molecule has 2 aromatic rings. The molecule has 1 aromatic heterocycles. The molecular formula is C14H15F3N4. The highest BCUT2D eigenvalue weighted by Gasteiger charge is 2.32. The first-order valence-corrected chi connectivity index (χ1v) is 6.28. The number of benzene rings is 1. The van der Waals surface area contributed by atoms with E-state index in [9.17, 15) is 13.2 Å². The van der Waals surface area contributed by atoms with Crippen LogP contribution in [-0.2, 0) is 6.18 Å². The summed E-state index contributed by atoms with van der Waals surface area (Å²) in [5.74, 6) is 0.865. The maximum absolute atomic E-state index is 12.9. The van der Waals surface area contributed by atoms with Gasteiger partial charge in [0, 0.05) is 24.5 Å². The van der Waals surface area contributed by atoms with E-state index in [2.05, 4.69) is 20.6 Å². The van der Waals surface area contributed by atoms with Crippen molar-refractivity contribution in [2.45, 2.75) is 20.0 Å². The molecule has 0 atom stereocenters. The summed E-state index contributed by atoms with van der Waals surface area (Å²) in [6, 6.07) is 4.02. The average molecular weight is 296 g/mol. The largest absolute Gasteiger partial charge is 0.416 e. The van der Waals surface area contributed by atoms with Gasteiger partial charge in [-0.2, -0.15) is 18.2 Å². The maximum atomic E-state index is 12.9. The fraction of sp³-hybridized carbons (Fsp3) is 0.286. The van der Waals surface area contributed by atoms with E-state index in [1.54, 1.807) is 26.2 Å². The number of aromatic nitrogens is 2. The Morgan fingerprint density at radius 3 is 2.48 bits per heavy atom. The van der Waals surface area contributed by atoms with Crippen LogP contribution in [-0.4, -0.2) is 17.0 Å². The van der Waals surface area contributed by atoms with E-state index >= 15 is 0 Å². The van der Waals surface area contributed by atoms with Gasteiger partial charge in [-0.25, -0.2) is 4.98 Å². The van der Waals surface area contributed by atoms with Crippen LogP contribution in [0.1, 0.15) is 16.7 Å². The third kappa shape index (κ3) is 3.24. The Hall–Kier alpha value is -2.31. The molecule has 7 heteroatoms. The Bertz CT molecular complexity index is 653. The molecule has 0 amide bonds. The number of nitrogens with zero attached hydrogens (tertiary/aromatic N) is 2. The highest BCUT2D eigenvalue weighted by atomic mass is 19.4. The summed E-state index contributed by atoms with van der Waals surface area (Å²) in [6.45, 7) is 3.21. The van der Waals surface area contributed by atoms with Gasteiger partial charge in [0.05, 0.1) is 5.56 Å². The maximum Gasteiger partial charge on any atom is 0.416 e. The predicted molar refractivity (Wildman–Crippen MR) is 75.8 cm³/mol. The minimum Gasteiger partial charge on any atom is -0.357 e. The van der Waals surface area contributed by atoms with Crippen molar-refractivity contribution in [1.29, 1.82) is 0 Å². The summed E-state index contributed by atoms with van der Waals surface area (Å²) in [7, 11) is 1.67. The van der Waals surface area contributed by atoms with Gasteiger partial charge in [0.1, 0.15) is 5.82 Å². The Kier molecular flexibility index (Phi) is 4.02. The van der Waals surface area contributed by atoms with Crippen LogP contribution >= 0.6 is 0 Å². The zero-order valence-electron chi connectivity index (χ0n) is 11.8. The van der Waals surface area contributed by atoms with Gasteiger partial charge in [-0.05, 0) is 31.5 Å². The number of alkyl halides is 3. The van der Waals surface area contributed by atoms with Gasteiger partial charge in [0.15, 0.2) is 0 Å². The van der Waals surface area contributed by atoms with Crippen LogP contribution in [0.15, 0.2) is 24.4 Å². The van der Waals surface area contributed by atoms with Crippen LogP contribution in [0.3, 0.4) is 0 Å². The molecule has 0 unspecified atom stereocenters. The predicted octanol–water partition coefficient (Wildman–Crippen LogP) is 3.90. The lowest BCUT2D eigenvalue weighted by Gasteiger charge is -2.16. The lowest BCUT2D eigenvalue weighted by atomic mass is 10.1. The zero-order valence-corrected chi connectivity index (χ0v) is 11.8. The van der Waals surface area contributed by atoms with Crippen molar-refractivity contribution in [3.63, 3.8) is 0 Å². The summed E-state index contributed by atoms with van der Waals surface area (Å²) in [6.07, 6.45) is -2.78. The van der Waals surface area contributed by atoms with Crippen LogP contribution in [0.25, 0.3) is 0 Å². The molecular weight excluding hydrogens is 281 g/mol. The van der Waals surface area contributed by atoms with Crippen LogP contribution < -0.4 is 10.6 Å². The number of hydrogen-bond acceptors (Lipinski definition) is 4. The quantitative estimate of drug-likeness (QED) is 0.902. The van der Waals surface area contributed by atoms with Crippen molar-refractivity contribution in [3.8, 4) is 0 Å². The molecule has 0 fully saturated rings. The Morgan fingerprint density at radius 2 is 1.86 bits per heavy atom. The first-order chi connectivity index (χ1) is 9.82. The Morgan fingerprint density at radius 1 is 1.14 bits per heavy atom. The third-order valence-corrected chi connectivity index (χ3v) is 3.09. The molecule has 1 aromatic carbocycles. The molecule has 0 saturated heterocycles. The fourth-order valence-corrected chi connectivity index (χ4v) is 1.89. The van der Waals surface area contributed by atoms with Crippen LogP contribution in [0.5, 0.6) is 0 Å². The van der Waals surface area contributed by atoms with E-state index < -0.39 is 11.7 Å². The van der Waals surface area contributed by atoms with Crippen molar-refractivity contribution in [3.05, 3.63) is 41.1 Å². The Labute approximate surface area is 120 Å². The lowest BCUT2D eigenvalue weighted by Crippen LogP contribution is -2.09. The summed E-state index contributed by atoms with van der Waals surface area (Å²) < 4.78 is 38.7. The summed E-state index contributed by atoms with van der Waals surface area (Å²) in [5.41, 5.74) is 0.585. The number of rotatable bonds is 3. The SMILES string of the molecule is CNc1ncc(C)c(Nc2cccc(C(F)(F)F)c2C)n1. The molecule has 0 bridgehead atoms. The second-order valence-electron chi connectivity index (χ2n) is 4.58. The molecule has 21 heavy (non-hydrogen) atoms. The van der Waals surface area contributed by atoms with Gasteiger partial charge < -0.3 is 10.6 Å². The highest BCUT2D eigenvalue weighted by Crippen LogP contribution is 2.35. The number of anilines is 3. The van der Waals surface area contributed by atoms with Gasteiger partial charge >= 0.3 is 6.18 Å². The Balaban J connectivity index is 2.41. The smallest absolute Gasteiger partial charge is 0.357 e. The summed E-state index contributed by atoms with van der Waals surface area (Å²) in [4.78, 5) is 8.24. The monoisotopic (exact) mass is 296 g/mol. The zero-order chi connectivity index (χ0) is 15.6. The normalized spacial score (nSPS) is 11.3. The third-order valence-electron chi connectivity index (χ3n) is 3.09. The molecule has 4 nitrogen and oxygen atoms in total. The van der Waals surface area contributed by atoms with E-state index in [1.165, 1.54) is 13.0 Å². The van der Waals surface area contributed by atoms with Gasteiger partial charge in [-0.15, -0.1) is 0 Å². The second-order valence-corrected chi connectivity index (χ2v) is 4.58. The van der Waals surface area contributed by atoms with Gasteiger partial charge in [0.25, 0.3) is 0 Å². The van der Waals surface area contributed by atoms with Crippen molar-refractivity contribution in [2.75, 3.05) is 17.7 Å². The number of aryl methyl sites for hydroxylation is 1. The molecule has 2 rings (SSSR count). The standard InChI is InChI=1S/C14H15F3N4/c1-8-7-19-13(18-3)21-12(8)20-11-6-4-5-10(9(11)2)14(15,16)17/h4-7H,1-3H3,(H2,18,19,20,21). The van der Waals surface area contributed by atoms with Crippen molar-refractivity contribution in [2.24, 2.45) is 0 Å². The van der Waals surface area contributed by atoms with Crippen LogP contribution in [0.4, 0.5) is 30.6 Å². The lowest BCUT2D eigenvalue weighted by molar-refractivity contribution is -0.138. The molecule has 112 valence electrons.